The zero-order chi connectivity index (χ0) is 26.9. The number of rotatable bonds is 12. The number of nitrogens with one attached hydrogen (secondary N) is 1. The number of nitrogens with zero attached hydrogens (tertiary/aromatic N) is 2. The Kier molecular flexibility index (Phi) is 9.11. The van der Waals surface area contributed by atoms with Gasteiger partial charge in [-0.05, 0) is 36.2 Å². The maximum Gasteiger partial charge on any atom is 0.257 e. The first-order chi connectivity index (χ1) is 18.5. The summed E-state index contributed by atoms with van der Waals surface area (Å²) in [6.45, 7) is 0.886. The largest absolute Gasteiger partial charge is 0.496 e. The number of fused-ring (bicyclic) bond motifs is 1. The molecule has 0 saturated heterocycles. The first-order valence-electron chi connectivity index (χ1n) is 12.5. The van der Waals surface area contributed by atoms with E-state index in [0.717, 1.165) is 22.0 Å². The van der Waals surface area contributed by atoms with Gasteiger partial charge >= 0.3 is 0 Å². The molecule has 38 heavy (non-hydrogen) atoms. The van der Waals surface area contributed by atoms with Crippen molar-refractivity contribution < 1.29 is 23.5 Å². The molecule has 0 atom stereocenters. The van der Waals surface area contributed by atoms with Crippen molar-refractivity contribution in [3.63, 3.8) is 0 Å². The van der Waals surface area contributed by atoms with Crippen molar-refractivity contribution in [2.24, 2.45) is 0 Å². The molecule has 4 rings (SSSR count). The van der Waals surface area contributed by atoms with E-state index in [9.17, 15) is 14.0 Å². The Hall–Kier alpha value is -4.17. The van der Waals surface area contributed by atoms with Crippen LogP contribution in [0.3, 0.4) is 0 Å². The second-order valence-corrected chi connectivity index (χ2v) is 8.94. The molecule has 1 N–H and O–H groups in total. The molecule has 8 heteroatoms. The molecule has 3 aromatic carbocycles. The number of para-hydroxylation sites is 2. The van der Waals surface area contributed by atoms with Crippen molar-refractivity contribution in [3.05, 3.63) is 102 Å². The minimum absolute atomic E-state index is 0.0773. The van der Waals surface area contributed by atoms with Crippen LogP contribution in [0.1, 0.15) is 21.5 Å². The Morgan fingerprint density at radius 3 is 2.39 bits per heavy atom. The van der Waals surface area contributed by atoms with Crippen molar-refractivity contribution in [3.8, 4) is 5.75 Å². The van der Waals surface area contributed by atoms with Crippen LogP contribution >= 0.6 is 0 Å². The lowest BCUT2D eigenvalue weighted by molar-refractivity contribution is -0.132. The van der Waals surface area contributed by atoms with E-state index in [-0.39, 0.29) is 31.2 Å². The van der Waals surface area contributed by atoms with E-state index in [0.29, 0.717) is 25.3 Å². The second kappa shape index (κ2) is 12.9. The summed E-state index contributed by atoms with van der Waals surface area (Å²) in [5, 5.41) is 1.11. The topological polar surface area (TPSA) is 74.9 Å². The van der Waals surface area contributed by atoms with Crippen molar-refractivity contribution in [2.75, 3.05) is 40.5 Å². The number of amides is 2. The molecule has 7 nitrogen and oxygen atoms in total. The zero-order valence-electron chi connectivity index (χ0n) is 21.7. The molecule has 0 spiro atoms. The van der Waals surface area contributed by atoms with Crippen LogP contribution < -0.4 is 4.74 Å². The lowest BCUT2D eigenvalue weighted by Crippen LogP contribution is -2.44. The van der Waals surface area contributed by atoms with Crippen LogP contribution in [-0.2, 0) is 22.5 Å². The van der Waals surface area contributed by atoms with Crippen molar-refractivity contribution in [2.45, 2.75) is 13.0 Å². The number of hydrogen-bond donors (Lipinski definition) is 1. The molecule has 2 amide bonds. The highest BCUT2D eigenvalue weighted by Crippen LogP contribution is 2.22. The van der Waals surface area contributed by atoms with Crippen LogP contribution in [-0.4, -0.2) is 67.1 Å². The lowest BCUT2D eigenvalue weighted by Gasteiger charge is -2.28. The number of methoxy groups -OCH3 is 2. The minimum atomic E-state index is -0.627. The van der Waals surface area contributed by atoms with E-state index in [4.69, 9.17) is 9.47 Å². The predicted octanol–water partition coefficient (Wildman–Crippen LogP) is 4.68. The second-order valence-electron chi connectivity index (χ2n) is 8.94. The first-order valence-corrected chi connectivity index (χ1v) is 12.5. The number of aromatic amines is 1. The molecule has 0 aliphatic rings. The number of hydrogen-bond acceptors (Lipinski definition) is 4. The standard InChI is InChI=1S/C30H32FN3O4/c1-37-18-17-34(30(36)25-11-4-6-12-26(25)31)21-29(35)33(20-23-9-3-8-14-28(23)38-2)16-15-22-19-32-27-13-7-5-10-24(22)27/h3-14,19,32H,15-18,20-21H2,1-2H3. The van der Waals surface area contributed by atoms with Gasteiger partial charge in [-0.2, -0.15) is 0 Å². The average Bonchev–Trinajstić information content (AvgIpc) is 3.36. The summed E-state index contributed by atoms with van der Waals surface area (Å²) >= 11 is 0. The highest BCUT2D eigenvalue weighted by Gasteiger charge is 2.25. The molecular weight excluding hydrogens is 485 g/mol. The van der Waals surface area contributed by atoms with Crippen molar-refractivity contribution >= 4 is 22.7 Å². The Morgan fingerprint density at radius 2 is 1.61 bits per heavy atom. The van der Waals surface area contributed by atoms with Crippen LogP contribution in [0, 0.1) is 5.82 Å². The zero-order valence-corrected chi connectivity index (χ0v) is 21.7. The van der Waals surface area contributed by atoms with Gasteiger partial charge in [0.15, 0.2) is 0 Å². The van der Waals surface area contributed by atoms with Gasteiger partial charge in [-0.15, -0.1) is 0 Å². The summed E-state index contributed by atoms with van der Waals surface area (Å²) in [5.41, 5.74) is 2.90. The molecule has 1 heterocycles. The van der Waals surface area contributed by atoms with Gasteiger partial charge in [-0.1, -0.05) is 48.5 Å². The number of halogens is 1. The third-order valence-corrected chi connectivity index (χ3v) is 6.52. The quantitative estimate of drug-likeness (QED) is 0.296. The van der Waals surface area contributed by atoms with Crippen molar-refractivity contribution in [1.29, 1.82) is 0 Å². The maximum absolute atomic E-state index is 14.4. The molecule has 0 aliphatic heterocycles. The summed E-state index contributed by atoms with van der Waals surface area (Å²) < 4.78 is 25.1. The van der Waals surface area contributed by atoms with Crippen LogP contribution in [0.25, 0.3) is 10.9 Å². The lowest BCUT2D eigenvalue weighted by atomic mass is 10.1. The smallest absolute Gasteiger partial charge is 0.257 e. The van der Waals surface area contributed by atoms with Gasteiger partial charge in [-0.3, -0.25) is 9.59 Å². The molecule has 0 fully saturated rings. The summed E-state index contributed by atoms with van der Waals surface area (Å²) in [6.07, 6.45) is 2.58. The number of ether oxygens (including phenoxy) is 2. The minimum Gasteiger partial charge on any atom is -0.496 e. The number of aromatic nitrogens is 1. The molecule has 4 aromatic rings. The Labute approximate surface area is 221 Å². The fourth-order valence-electron chi connectivity index (χ4n) is 4.45. The monoisotopic (exact) mass is 517 g/mol. The Balaban J connectivity index is 1.58. The van der Waals surface area contributed by atoms with Gasteiger partial charge in [-0.25, -0.2) is 4.39 Å². The van der Waals surface area contributed by atoms with E-state index in [2.05, 4.69) is 4.98 Å². The first kappa shape index (κ1) is 26.9. The Morgan fingerprint density at radius 1 is 0.868 bits per heavy atom. The highest BCUT2D eigenvalue weighted by atomic mass is 19.1. The fraction of sp³-hybridized carbons (Fsp3) is 0.267. The number of carbonyl (C=O) groups excluding carboxylic acids is 2. The van der Waals surface area contributed by atoms with E-state index < -0.39 is 11.7 Å². The average molecular weight is 518 g/mol. The Bertz CT molecular complexity index is 1390. The molecule has 1 aromatic heterocycles. The van der Waals surface area contributed by atoms with Gasteiger partial charge in [0.1, 0.15) is 18.1 Å². The van der Waals surface area contributed by atoms with Gasteiger partial charge in [0.2, 0.25) is 5.91 Å². The van der Waals surface area contributed by atoms with Crippen LogP contribution in [0.15, 0.2) is 79.0 Å². The SMILES string of the molecule is COCCN(CC(=O)N(CCc1c[nH]c2ccccc12)Cc1ccccc1OC)C(=O)c1ccccc1F. The number of carbonyl (C=O) groups is 2. The molecule has 0 bridgehead atoms. The predicted molar refractivity (Wildman–Crippen MR) is 145 cm³/mol. The highest BCUT2D eigenvalue weighted by molar-refractivity contribution is 5.96. The molecule has 198 valence electrons. The molecule has 0 radical (unpaired) electrons. The normalized spacial score (nSPS) is 10.9. The van der Waals surface area contributed by atoms with E-state index in [1.807, 2.05) is 54.7 Å². The van der Waals surface area contributed by atoms with E-state index in [1.54, 1.807) is 18.1 Å². The van der Waals surface area contributed by atoms with Gasteiger partial charge in [0.05, 0.1) is 19.3 Å². The third kappa shape index (κ3) is 6.39. The number of H-pyrrole nitrogens is 1. The van der Waals surface area contributed by atoms with Crippen LogP contribution in [0.5, 0.6) is 5.75 Å². The summed E-state index contributed by atoms with van der Waals surface area (Å²) in [7, 11) is 3.11. The van der Waals surface area contributed by atoms with E-state index in [1.165, 1.54) is 30.2 Å². The van der Waals surface area contributed by atoms with Crippen molar-refractivity contribution in [1.82, 2.24) is 14.8 Å². The molecule has 0 saturated carbocycles. The van der Waals surface area contributed by atoms with Gasteiger partial charge < -0.3 is 24.3 Å². The fourth-order valence-corrected chi connectivity index (χ4v) is 4.45. The maximum atomic E-state index is 14.4. The summed E-state index contributed by atoms with van der Waals surface area (Å²) in [4.78, 5) is 33.3. The molecular formula is C30H32FN3O4. The summed E-state index contributed by atoms with van der Waals surface area (Å²) in [6, 6.07) is 21.3. The van der Waals surface area contributed by atoms with Crippen LogP contribution in [0.2, 0.25) is 0 Å². The van der Waals surface area contributed by atoms with Gasteiger partial charge in [0, 0.05) is 49.4 Å². The number of benzene rings is 3. The summed E-state index contributed by atoms with van der Waals surface area (Å²) in [5.74, 6) is -0.757. The third-order valence-electron chi connectivity index (χ3n) is 6.52. The van der Waals surface area contributed by atoms with Crippen LogP contribution in [0.4, 0.5) is 4.39 Å². The molecule has 0 unspecified atom stereocenters. The van der Waals surface area contributed by atoms with E-state index >= 15 is 0 Å². The molecule has 0 aliphatic carbocycles. The van der Waals surface area contributed by atoms with Gasteiger partial charge in [0.25, 0.3) is 5.91 Å².